The average Bonchev–Trinajstić information content (AvgIpc) is 2.67. The summed E-state index contributed by atoms with van der Waals surface area (Å²) in [5.74, 6) is 0.776. The summed E-state index contributed by atoms with van der Waals surface area (Å²) in [5, 5.41) is 4.91. The predicted molar refractivity (Wildman–Crippen MR) is 113 cm³/mol. The standard InChI is InChI=1S/C21H20BrN3O3/c1-4-13(2)20-24-19-10-7-16(22)11-18(19)21(27)25(20)23-12-15-5-8-17(9-6-15)28-14(3)26/h5-13H,4H2,1-3H3/t13-/m0/s1. The minimum atomic E-state index is -0.375. The molecular weight excluding hydrogens is 422 g/mol. The number of carbonyl (C=O) groups excluding carboxylic acids is 1. The van der Waals surface area contributed by atoms with Crippen molar-refractivity contribution in [1.82, 2.24) is 9.66 Å². The number of nitrogens with zero attached hydrogens (tertiary/aromatic N) is 3. The molecular formula is C21H20BrN3O3. The first-order valence-corrected chi connectivity index (χ1v) is 9.73. The number of carbonyl (C=O) groups is 1. The third-order valence-electron chi connectivity index (χ3n) is 4.35. The van der Waals surface area contributed by atoms with E-state index >= 15 is 0 Å². The Hall–Kier alpha value is -2.80. The number of hydrogen-bond donors (Lipinski definition) is 0. The van der Waals surface area contributed by atoms with Gasteiger partial charge in [0.2, 0.25) is 0 Å². The van der Waals surface area contributed by atoms with Crippen LogP contribution in [0.5, 0.6) is 5.75 Å². The molecule has 0 fully saturated rings. The minimum absolute atomic E-state index is 0.0734. The summed E-state index contributed by atoms with van der Waals surface area (Å²) in [6, 6.07) is 12.3. The summed E-state index contributed by atoms with van der Waals surface area (Å²) in [4.78, 5) is 28.7. The van der Waals surface area contributed by atoms with E-state index in [2.05, 4.69) is 26.0 Å². The van der Waals surface area contributed by atoms with Crippen molar-refractivity contribution in [3.8, 4) is 5.75 Å². The van der Waals surface area contributed by atoms with Gasteiger partial charge in [-0.2, -0.15) is 9.78 Å². The van der Waals surface area contributed by atoms with E-state index in [1.165, 1.54) is 11.6 Å². The van der Waals surface area contributed by atoms with E-state index in [0.717, 1.165) is 16.5 Å². The number of aromatic nitrogens is 2. The molecule has 3 rings (SSSR count). The highest BCUT2D eigenvalue weighted by Crippen LogP contribution is 2.21. The number of benzene rings is 2. The SMILES string of the molecule is CC[C@H](C)c1nc2ccc(Br)cc2c(=O)n1N=Cc1ccc(OC(C)=O)cc1. The van der Waals surface area contributed by atoms with Crippen LogP contribution >= 0.6 is 15.9 Å². The highest BCUT2D eigenvalue weighted by Gasteiger charge is 2.15. The molecule has 0 saturated carbocycles. The van der Waals surface area contributed by atoms with Gasteiger partial charge >= 0.3 is 5.97 Å². The van der Waals surface area contributed by atoms with Crippen molar-refractivity contribution in [1.29, 1.82) is 0 Å². The van der Waals surface area contributed by atoms with Crippen LogP contribution in [0.15, 0.2) is 56.8 Å². The van der Waals surface area contributed by atoms with Crippen molar-refractivity contribution >= 4 is 39.0 Å². The van der Waals surface area contributed by atoms with Gasteiger partial charge in [0.1, 0.15) is 11.6 Å². The summed E-state index contributed by atoms with van der Waals surface area (Å²) in [5.41, 5.74) is 1.21. The monoisotopic (exact) mass is 441 g/mol. The number of halogens is 1. The second-order valence-electron chi connectivity index (χ2n) is 6.46. The van der Waals surface area contributed by atoms with Gasteiger partial charge < -0.3 is 4.74 Å². The first-order chi connectivity index (χ1) is 13.4. The fourth-order valence-electron chi connectivity index (χ4n) is 2.69. The second-order valence-corrected chi connectivity index (χ2v) is 7.38. The summed E-state index contributed by atoms with van der Waals surface area (Å²) >= 11 is 3.40. The molecule has 0 spiro atoms. The van der Waals surface area contributed by atoms with E-state index in [0.29, 0.717) is 22.5 Å². The maximum Gasteiger partial charge on any atom is 0.308 e. The fraction of sp³-hybridized carbons (Fsp3) is 0.238. The first kappa shape index (κ1) is 19.9. The Morgan fingerprint density at radius 2 is 2.00 bits per heavy atom. The van der Waals surface area contributed by atoms with Crippen molar-refractivity contribution in [3.63, 3.8) is 0 Å². The smallest absolute Gasteiger partial charge is 0.308 e. The number of ether oxygens (including phenoxy) is 1. The molecule has 0 radical (unpaired) electrons. The zero-order valence-electron chi connectivity index (χ0n) is 15.8. The highest BCUT2D eigenvalue weighted by molar-refractivity contribution is 9.10. The Labute approximate surface area is 171 Å². The third kappa shape index (κ3) is 4.36. The van der Waals surface area contributed by atoms with Crippen LogP contribution in [0.1, 0.15) is 44.5 Å². The summed E-state index contributed by atoms with van der Waals surface area (Å²) in [7, 11) is 0. The van der Waals surface area contributed by atoms with Crippen LogP contribution in [0.25, 0.3) is 10.9 Å². The van der Waals surface area contributed by atoms with Crippen LogP contribution in [0.2, 0.25) is 0 Å². The molecule has 28 heavy (non-hydrogen) atoms. The van der Waals surface area contributed by atoms with Gasteiger partial charge in [0.25, 0.3) is 5.56 Å². The lowest BCUT2D eigenvalue weighted by Crippen LogP contribution is -2.23. The zero-order valence-corrected chi connectivity index (χ0v) is 17.4. The van der Waals surface area contributed by atoms with Gasteiger partial charge in [-0.1, -0.05) is 29.8 Å². The summed E-state index contributed by atoms with van der Waals surface area (Å²) in [6.45, 7) is 5.42. The topological polar surface area (TPSA) is 73.6 Å². The van der Waals surface area contributed by atoms with Crippen LogP contribution in [-0.2, 0) is 4.79 Å². The van der Waals surface area contributed by atoms with E-state index < -0.39 is 0 Å². The Kier molecular flexibility index (Phi) is 6.04. The molecule has 0 aliphatic carbocycles. The maximum absolute atomic E-state index is 13.0. The molecule has 1 atom stereocenters. The molecule has 144 valence electrons. The predicted octanol–water partition coefficient (Wildman–Crippen LogP) is 4.48. The molecule has 1 heterocycles. The highest BCUT2D eigenvalue weighted by atomic mass is 79.9. The van der Waals surface area contributed by atoms with Crippen molar-refractivity contribution in [2.24, 2.45) is 5.10 Å². The molecule has 0 aliphatic heterocycles. The van der Waals surface area contributed by atoms with Crippen LogP contribution in [0, 0.1) is 0 Å². The van der Waals surface area contributed by atoms with Crippen molar-refractivity contribution < 1.29 is 9.53 Å². The van der Waals surface area contributed by atoms with Crippen LogP contribution in [0.4, 0.5) is 0 Å². The van der Waals surface area contributed by atoms with Gasteiger partial charge in [0.05, 0.1) is 17.1 Å². The molecule has 7 heteroatoms. The van der Waals surface area contributed by atoms with Crippen molar-refractivity contribution in [2.75, 3.05) is 0 Å². The van der Waals surface area contributed by atoms with Gasteiger partial charge in [-0.05, 0) is 54.4 Å². The van der Waals surface area contributed by atoms with Crippen molar-refractivity contribution in [3.05, 3.63) is 68.7 Å². The molecule has 0 N–H and O–H groups in total. The summed E-state index contributed by atoms with van der Waals surface area (Å²) in [6.07, 6.45) is 2.43. The average molecular weight is 442 g/mol. The van der Waals surface area contributed by atoms with E-state index in [1.807, 2.05) is 26.0 Å². The lowest BCUT2D eigenvalue weighted by molar-refractivity contribution is -0.131. The maximum atomic E-state index is 13.0. The Balaban J connectivity index is 2.05. The first-order valence-electron chi connectivity index (χ1n) is 8.94. The Bertz CT molecular complexity index is 1100. The van der Waals surface area contributed by atoms with Crippen LogP contribution < -0.4 is 10.3 Å². The lowest BCUT2D eigenvalue weighted by atomic mass is 10.1. The van der Waals surface area contributed by atoms with Gasteiger partial charge in [0, 0.05) is 17.3 Å². The molecule has 6 nitrogen and oxygen atoms in total. The molecule has 0 saturated heterocycles. The molecule has 0 bridgehead atoms. The largest absolute Gasteiger partial charge is 0.427 e. The Morgan fingerprint density at radius 3 is 2.64 bits per heavy atom. The number of fused-ring (bicyclic) bond motifs is 1. The number of esters is 1. The summed E-state index contributed by atoms with van der Waals surface area (Å²) < 4.78 is 7.20. The van der Waals surface area contributed by atoms with Crippen molar-refractivity contribution in [2.45, 2.75) is 33.1 Å². The van der Waals surface area contributed by atoms with Crippen LogP contribution in [-0.4, -0.2) is 21.8 Å². The molecule has 0 unspecified atom stereocenters. The quantitative estimate of drug-likeness (QED) is 0.332. The van der Waals surface area contributed by atoms with E-state index in [4.69, 9.17) is 4.74 Å². The molecule has 3 aromatic rings. The molecule has 2 aromatic carbocycles. The molecule has 0 aliphatic rings. The van der Waals surface area contributed by atoms with E-state index in [-0.39, 0.29) is 17.4 Å². The normalized spacial score (nSPS) is 12.4. The third-order valence-corrected chi connectivity index (χ3v) is 4.84. The van der Waals surface area contributed by atoms with Gasteiger partial charge in [0.15, 0.2) is 0 Å². The molecule has 0 amide bonds. The number of hydrogen-bond acceptors (Lipinski definition) is 5. The van der Waals surface area contributed by atoms with E-state index in [1.54, 1.807) is 36.5 Å². The van der Waals surface area contributed by atoms with E-state index in [9.17, 15) is 9.59 Å². The fourth-order valence-corrected chi connectivity index (χ4v) is 3.05. The number of rotatable bonds is 5. The minimum Gasteiger partial charge on any atom is -0.427 e. The van der Waals surface area contributed by atoms with Crippen LogP contribution in [0.3, 0.4) is 0 Å². The van der Waals surface area contributed by atoms with Gasteiger partial charge in [-0.3, -0.25) is 9.59 Å². The van der Waals surface area contributed by atoms with Gasteiger partial charge in [-0.25, -0.2) is 4.98 Å². The lowest BCUT2D eigenvalue weighted by Gasteiger charge is -2.14. The van der Waals surface area contributed by atoms with Gasteiger partial charge in [-0.15, -0.1) is 0 Å². The molecule has 1 aromatic heterocycles. The zero-order chi connectivity index (χ0) is 20.3. The Morgan fingerprint density at radius 1 is 1.29 bits per heavy atom. The second kappa shape index (κ2) is 8.48.